The minimum absolute atomic E-state index is 0.130. The van der Waals surface area contributed by atoms with E-state index in [2.05, 4.69) is 0 Å². The number of aromatic nitrogens is 5. The lowest BCUT2D eigenvalue weighted by molar-refractivity contribution is 0.414. The molecule has 0 amide bonds. The highest BCUT2D eigenvalue weighted by Crippen LogP contribution is 2.27. The Labute approximate surface area is 201 Å². The van der Waals surface area contributed by atoms with Gasteiger partial charge in [0.2, 0.25) is 0 Å². The van der Waals surface area contributed by atoms with Crippen LogP contribution in [0, 0.1) is 0 Å². The van der Waals surface area contributed by atoms with Crippen LogP contribution in [-0.4, -0.2) is 31.2 Å². The van der Waals surface area contributed by atoms with Crippen molar-refractivity contribution in [2.75, 3.05) is 7.11 Å². The number of para-hydroxylation sites is 2. The number of rotatable bonds is 5. The first-order valence-corrected chi connectivity index (χ1v) is 11.5. The van der Waals surface area contributed by atoms with Gasteiger partial charge in [-0.15, -0.1) is 0 Å². The van der Waals surface area contributed by atoms with E-state index in [0.29, 0.717) is 28.7 Å². The maximum absolute atomic E-state index is 13.9. The molecule has 0 saturated heterocycles. The van der Waals surface area contributed by atoms with Gasteiger partial charge in [-0.1, -0.05) is 54.6 Å². The van der Waals surface area contributed by atoms with Gasteiger partial charge in [0.05, 0.1) is 30.7 Å². The van der Waals surface area contributed by atoms with Gasteiger partial charge in [-0.25, -0.2) is 15.0 Å². The summed E-state index contributed by atoms with van der Waals surface area (Å²) in [5.41, 5.74) is 5.26. The molecule has 7 nitrogen and oxygen atoms in total. The minimum Gasteiger partial charge on any atom is -0.497 e. The van der Waals surface area contributed by atoms with Crippen molar-refractivity contribution in [1.29, 1.82) is 0 Å². The third kappa shape index (κ3) is 3.52. The Morgan fingerprint density at radius 3 is 2.26 bits per heavy atom. The second-order valence-electron chi connectivity index (χ2n) is 8.56. The third-order valence-corrected chi connectivity index (χ3v) is 6.48. The van der Waals surface area contributed by atoms with E-state index in [9.17, 15) is 4.79 Å². The molecule has 3 aromatic heterocycles. The van der Waals surface area contributed by atoms with Crippen LogP contribution in [0.15, 0.2) is 90.0 Å². The van der Waals surface area contributed by atoms with Crippen molar-refractivity contribution >= 4 is 33.2 Å². The molecule has 0 saturated carbocycles. The van der Waals surface area contributed by atoms with Gasteiger partial charge in [-0.3, -0.25) is 9.36 Å². The van der Waals surface area contributed by atoms with Gasteiger partial charge in [-0.2, -0.15) is 0 Å². The van der Waals surface area contributed by atoms with Gasteiger partial charge in [0.15, 0.2) is 11.3 Å². The molecule has 172 valence electrons. The molecule has 0 bridgehead atoms. The molecule has 3 aromatic carbocycles. The molecular weight excluding hydrogens is 438 g/mol. The van der Waals surface area contributed by atoms with E-state index in [1.807, 2.05) is 90.4 Å². The molecule has 3 heterocycles. The Morgan fingerprint density at radius 2 is 1.54 bits per heavy atom. The summed E-state index contributed by atoms with van der Waals surface area (Å²) in [7, 11) is 1.65. The topological polar surface area (TPSA) is 74.8 Å². The summed E-state index contributed by atoms with van der Waals surface area (Å²) in [5, 5.41) is 0.483. The molecule has 7 heteroatoms. The molecule has 35 heavy (non-hydrogen) atoms. The van der Waals surface area contributed by atoms with Crippen LogP contribution in [0.5, 0.6) is 5.75 Å². The van der Waals surface area contributed by atoms with Crippen LogP contribution in [0.2, 0.25) is 0 Å². The van der Waals surface area contributed by atoms with Crippen molar-refractivity contribution in [1.82, 2.24) is 24.1 Å². The Kier molecular flexibility index (Phi) is 5.03. The molecule has 6 rings (SSSR count). The zero-order chi connectivity index (χ0) is 23.9. The van der Waals surface area contributed by atoms with Crippen molar-refractivity contribution in [3.05, 3.63) is 107 Å². The molecule has 0 N–H and O–H groups in total. The molecule has 0 radical (unpaired) electrons. The summed E-state index contributed by atoms with van der Waals surface area (Å²) in [4.78, 5) is 28.4. The van der Waals surface area contributed by atoms with Crippen molar-refractivity contribution < 1.29 is 4.74 Å². The highest BCUT2D eigenvalue weighted by molar-refractivity contribution is 6.04. The number of ether oxygens (including phenoxy) is 1. The molecule has 1 atom stereocenters. The first-order valence-electron chi connectivity index (χ1n) is 11.5. The molecule has 0 aliphatic carbocycles. The number of methoxy groups -OCH3 is 1. The minimum atomic E-state index is -0.172. The zero-order valence-corrected chi connectivity index (χ0v) is 19.4. The number of benzene rings is 3. The summed E-state index contributed by atoms with van der Waals surface area (Å²) in [6.45, 7) is 2.50. The molecule has 0 spiro atoms. The van der Waals surface area contributed by atoms with E-state index in [0.717, 1.165) is 27.9 Å². The molecule has 0 aliphatic heterocycles. The summed E-state index contributed by atoms with van der Waals surface area (Å²) in [6.07, 6.45) is 1.63. The normalized spacial score (nSPS) is 12.4. The van der Waals surface area contributed by atoms with Crippen molar-refractivity contribution in [3.8, 4) is 5.75 Å². The highest BCUT2D eigenvalue weighted by Gasteiger charge is 2.21. The lowest BCUT2D eigenvalue weighted by atomic mass is 10.1. The average molecular weight is 462 g/mol. The number of hydrogen-bond acceptors (Lipinski definition) is 5. The van der Waals surface area contributed by atoms with Gasteiger partial charge in [0.25, 0.3) is 5.56 Å². The Morgan fingerprint density at radius 1 is 0.857 bits per heavy atom. The average Bonchev–Trinajstić information content (AvgIpc) is 3.21. The Balaban J connectivity index is 1.61. The van der Waals surface area contributed by atoms with Crippen molar-refractivity contribution in [3.63, 3.8) is 0 Å². The zero-order valence-electron chi connectivity index (χ0n) is 19.4. The first kappa shape index (κ1) is 21.0. The number of nitrogens with zero attached hydrogens (tertiary/aromatic N) is 5. The van der Waals surface area contributed by atoms with Gasteiger partial charge in [0, 0.05) is 0 Å². The van der Waals surface area contributed by atoms with E-state index in [1.165, 1.54) is 0 Å². The van der Waals surface area contributed by atoms with Crippen LogP contribution in [-0.2, 0) is 6.54 Å². The second kappa shape index (κ2) is 8.36. The lowest BCUT2D eigenvalue weighted by Crippen LogP contribution is -2.24. The van der Waals surface area contributed by atoms with Gasteiger partial charge in [-0.05, 0) is 42.3 Å². The molecular formula is C28H23N5O2. The van der Waals surface area contributed by atoms with Crippen LogP contribution < -0.4 is 10.3 Å². The van der Waals surface area contributed by atoms with Crippen molar-refractivity contribution in [2.24, 2.45) is 0 Å². The second-order valence-corrected chi connectivity index (χ2v) is 8.56. The van der Waals surface area contributed by atoms with Crippen LogP contribution in [0.3, 0.4) is 0 Å². The molecule has 0 unspecified atom stereocenters. The van der Waals surface area contributed by atoms with Gasteiger partial charge >= 0.3 is 0 Å². The van der Waals surface area contributed by atoms with Crippen LogP contribution in [0.25, 0.3) is 33.2 Å². The maximum Gasteiger partial charge on any atom is 0.265 e. The van der Waals surface area contributed by atoms with Crippen molar-refractivity contribution in [2.45, 2.75) is 19.5 Å². The van der Waals surface area contributed by atoms with Gasteiger partial charge < -0.3 is 9.30 Å². The van der Waals surface area contributed by atoms with E-state index in [-0.39, 0.29) is 11.6 Å². The maximum atomic E-state index is 13.9. The van der Waals surface area contributed by atoms with Crippen LogP contribution in [0.4, 0.5) is 0 Å². The molecule has 6 aromatic rings. The summed E-state index contributed by atoms with van der Waals surface area (Å²) in [6, 6.07) is 25.3. The first-order chi connectivity index (χ1) is 17.1. The van der Waals surface area contributed by atoms with E-state index in [4.69, 9.17) is 19.7 Å². The number of hydrogen-bond donors (Lipinski definition) is 0. The predicted octanol–water partition coefficient (Wildman–Crippen LogP) is 4.96. The summed E-state index contributed by atoms with van der Waals surface area (Å²) >= 11 is 0. The van der Waals surface area contributed by atoms with Gasteiger partial charge in [0.1, 0.15) is 23.0 Å². The fourth-order valence-electron chi connectivity index (χ4n) is 4.55. The Hall–Kier alpha value is -4.52. The standard InChI is InChI=1S/C28H23N5O2/c1-18(20-8-4-3-5-9-20)33-17-29-26-24(28(33)34)25-27(31-23-11-7-6-10-22(23)30-25)32(26)16-19-12-14-21(35-2)15-13-19/h3-15,17-18H,16H2,1-2H3/t18-/m1/s1. The SMILES string of the molecule is COc1ccc(Cn2c3nc4ccccc4nc3c3c(=O)n([C@H](C)c4ccccc4)cnc32)cc1. The third-order valence-electron chi connectivity index (χ3n) is 6.48. The molecule has 0 fully saturated rings. The predicted molar refractivity (Wildman–Crippen MR) is 137 cm³/mol. The van der Waals surface area contributed by atoms with E-state index in [1.54, 1.807) is 18.0 Å². The highest BCUT2D eigenvalue weighted by atomic mass is 16.5. The van der Waals surface area contributed by atoms with Crippen LogP contribution >= 0.6 is 0 Å². The monoisotopic (exact) mass is 461 g/mol. The molecule has 0 aliphatic rings. The summed E-state index contributed by atoms with van der Waals surface area (Å²) < 4.78 is 8.94. The van der Waals surface area contributed by atoms with Crippen LogP contribution in [0.1, 0.15) is 24.1 Å². The smallest absolute Gasteiger partial charge is 0.265 e. The quantitative estimate of drug-likeness (QED) is 0.363. The Bertz CT molecular complexity index is 1740. The largest absolute Gasteiger partial charge is 0.497 e. The lowest BCUT2D eigenvalue weighted by Gasteiger charge is -2.15. The van der Waals surface area contributed by atoms with E-state index >= 15 is 0 Å². The summed E-state index contributed by atoms with van der Waals surface area (Å²) in [5.74, 6) is 0.790. The fourth-order valence-corrected chi connectivity index (χ4v) is 4.55. The van der Waals surface area contributed by atoms with E-state index < -0.39 is 0 Å². The fraction of sp³-hybridized carbons (Fsp3) is 0.143. The number of fused-ring (bicyclic) bond motifs is 4.